The molecule has 2 spiro atoms. The average Bonchev–Trinajstić information content (AvgIpc) is 4.15. The van der Waals surface area contributed by atoms with Crippen LogP contribution in [0.3, 0.4) is 0 Å². The van der Waals surface area contributed by atoms with Crippen molar-refractivity contribution in [3.8, 4) is 44.5 Å². The number of halogens is 1. The zero-order valence-electron chi connectivity index (χ0n) is 39.1. The van der Waals surface area contributed by atoms with Gasteiger partial charge < -0.3 is 0 Å². The Morgan fingerprint density at radius 3 is 0.986 bits per heavy atom. The van der Waals surface area contributed by atoms with Gasteiger partial charge in [0.25, 0.3) is 0 Å². The molecule has 0 aliphatic heterocycles. The summed E-state index contributed by atoms with van der Waals surface area (Å²) in [4.78, 5) is -2.77. The predicted molar refractivity (Wildman–Crippen MR) is 313 cm³/mol. The van der Waals surface area contributed by atoms with Crippen molar-refractivity contribution in [3.63, 3.8) is 0 Å². The molecule has 0 amide bonds. The summed E-state index contributed by atoms with van der Waals surface area (Å²) in [5.74, 6) is 0. The third kappa shape index (κ3) is 5.40. The minimum absolute atomic E-state index is 0.442. The van der Waals surface area contributed by atoms with Gasteiger partial charge in [-0.05, 0) is 0 Å². The van der Waals surface area contributed by atoms with Gasteiger partial charge in [0.1, 0.15) is 0 Å². The minimum atomic E-state index is -3.46. The SMILES string of the molecule is O=P(c1ccccc1)(c1ccc([PH](I)(c2ccccc2)c2ccc3c(c2)C2(c4ccccc4-c4ccccc42)c2ccccc2-3)cc1)c1ccc2c(c1)C1(c3ccccc3-c3ccccc31)c1ccccc1-2. The molecule has 0 aromatic heterocycles. The summed E-state index contributed by atoms with van der Waals surface area (Å²) in [7, 11) is -3.46. The topological polar surface area (TPSA) is 17.1 Å². The standard InChI is InChI=1S/C68H45IOP2/c69-71(45-19-3-1-4-20-45,49-39-41-57-55-27-11-17-33-63(55)67(65(57)43-49)59-29-13-7-23-51(59)52-24-8-14-30-60(52)67)46-35-37-48(38-36-46)72(70,47-21-5-2-6-22-47)50-40-42-58-56-28-12-18-34-64(56)68(66(58)44-50)61-31-15-9-25-53(61)54-26-10-16-32-62(54)68/h1-44,71H. The molecular formula is C68H45IOP2. The van der Waals surface area contributed by atoms with Crippen LogP contribution in [0.15, 0.2) is 267 Å². The molecule has 0 radical (unpaired) electrons. The fourth-order valence-electron chi connectivity index (χ4n) is 13.7. The molecule has 1 nitrogen and oxygen atoms in total. The summed E-state index contributed by atoms with van der Waals surface area (Å²) in [6, 6.07) is 98.3. The third-order valence-corrected chi connectivity index (χ3v) is 28.7. The first-order valence-corrected chi connectivity index (χ1v) is 31.7. The molecule has 0 saturated carbocycles. The maximum absolute atomic E-state index is 16.9. The first-order chi connectivity index (χ1) is 35.5. The van der Waals surface area contributed by atoms with Crippen LogP contribution in [0.4, 0.5) is 0 Å². The van der Waals surface area contributed by atoms with Gasteiger partial charge in [-0.3, -0.25) is 0 Å². The van der Waals surface area contributed by atoms with Crippen molar-refractivity contribution >= 4 is 65.9 Å². The molecule has 1 atom stereocenters. The summed E-state index contributed by atoms with van der Waals surface area (Å²) in [6.45, 7) is 0. The molecule has 4 heteroatoms. The van der Waals surface area contributed by atoms with Crippen molar-refractivity contribution in [3.05, 3.63) is 311 Å². The van der Waals surface area contributed by atoms with Crippen LogP contribution >= 0.6 is 34.1 Å². The van der Waals surface area contributed by atoms with Crippen molar-refractivity contribution in [2.45, 2.75) is 10.8 Å². The van der Waals surface area contributed by atoms with Gasteiger partial charge >= 0.3 is 425 Å². The van der Waals surface area contributed by atoms with Crippen LogP contribution < -0.4 is 31.8 Å². The monoisotopic (exact) mass is 1070 g/mol. The van der Waals surface area contributed by atoms with Crippen LogP contribution in [-0.2, 0) is 15.4 Å². The van der Waals surface area contributed by atoms with E-state index in [2.05, 4.69) is 271 Å². The number of hydrogen-bond acceptors (Lipinski definition) is 1. The summed E-state index contributed by atoms with van der Waals surface area (Å²) >= 11 is 2.85. The molecule has 0 heterocycles. The molecule has 4 aliphatic rings. The van der Waals surface area contributed by atoms with Crippen LogP contribution in [0.2, 0.25) is 0 Å². The van der Waals surface area contributed by atoms with Crippen LogP contribution in [0.1, 0.15) is 44.5 Å². The molecule has 0 bridgehead atoms. The first-order valence-electron chi connectivity index (χ1n) is 24.9. The van der Waals surface area contributed by atoms with Gasteiger partial charge in [-0.2, -0.15) is 0 Å². The van der Waals surface area contributed by atoms with Crippen molar-refractivity contribution < 1.29 is 4.57 Å². The van der Waals surface area contributed by atoms with Gasteiger partial charge in [0, 0.05) is 0 Å². The zero-order chi connectivity index (χ0) is 47.8. The zero-order valence-corrected chi connectivity index (χ0v) is 43.2. The van der Waals surface area contributed by atoms with E-state index in [1.165, 1.54) is 105 Å². The van der Waals surface area contributed by atoms with E-state index >= 15 is 4.57 Å². The summed E-state index contributed by atoms with van der Waals surface area (Å²) < 4.78 is 16.9. The fourth-order valence-corrected chi connectivity index (χ4v) is 22.5. The third-order valence-electron chi connectivity index (χ3n) is 16.7. The van der Waals surface area contributed by atoms with E-state index in [4.69, 9.17) is 0 Å². The van der Waals surface area contributed by atoms with Crippen molar-refractivity contribution in [1.82, 2.24) is 0 Å². The molecular weight excluding hydrogens is 1020 g/mol. The number of rotatable bonds is 6. The molecule has 1 unspecified atom stereocenters. The molecule has 0 N–H and O–H groups in total. The van der Waals surface area contributed by atoms with Crippen LogP contribution in [-0.4, -0.2) is 0 Å². The van der Waals surface area contributed by atoms with Gasteiger partial charge in [0.2, 0.25) is 0 Å². The van der Waals surface area contributed by atoms with Gasteiger partial charge in [0.15, 0.2) is 0 Å². The van der Waals surface area contributed by atoms with Crippen molar-refractivity contribution in [2.75, 3.05) is 0 Å². The van der Waals surface area contributed by atoms with E-state index < -0.39 is 22.9 Å². The van der Waals surface area contributed by atoms with Gasteiger partial charge in [0.05, 0.1) is 0 Å². The Morgan fingerprint density at radius 2 is 0.556 bits per heavy atom. The second-order valence-electron chi connectivity index (χ2n) is 19.8. The summed E-state index contributed by atoms with van der Waals surface area (Å²) in [5, 5.41) is 6.42. The number of benzene rings is 11. The second kappa shape index (κ2) is 15.7. The van der Waals surface area contributed by atoms with E-state index in [0.717, 1.165) is 15.9 Å². The Bertz CT molecular complexity index is 3980. The Hall–Kier alpha value is -7.19. The molecule has 72 heavy (non-hydrogen) atoms. The molecule has 0 saturated heterocycles. The van der Waals surface area contributed by atoms with Crippen molar-refractivity contribution in [2.24, 2.45) is 0 Å². The molecule has 340 valence electrons. The molecule has 11 aromatic carbocycles. The van der Waals surface area contributed by atoms with Crippen LogP contribution in [0, 0.1) is 0 Å². The fraction of sp³-hybridized carbons (Fsp3) is 0.0294. The average molecular weight is 1070 g/mol. The van der Waals surface area contributed by atoms with E-state index in [0.29, 0.717) is 0 Å². The van der Waals surface area contributed by atoms with E-state index in [-0.39, 0.29) is 0 Å². The van der Waals surface area contributed by atoms with Crippen LogP contribution in [0.25, 0.3) is 44.5 Å². The van der Waals surface area contributed by atoms with E-state index in [9.17, 15) is 0 Å². The first kappa shape index (κ1) is 42.5. The Balaban J connectivity index is 0.917. The van der Waals surface area contributed by atoms with Crippen molar-refractivity contribution in [1.29, 1.82) is 0 Å². The van der Waals surface area contributed by atoms with Gasteiger partial charge in [-0.25, -0.2) is 0 Å². The molecule has 4 aliphatic carbocycles. The van der Waals surface area contributed by atoms with Gasteiger partial charge in [-0.15, -0.1) is 0 Å². The molecule has 11 aromatic rings. The van der Waals surface area contributed by atoms with E-state index in [1.54, 1.807) is 0 Å². The quantitative estimate of drug-likeness (QED) is 0.120. The van der Waals surface area contributed by atoms with Crippen LogP contribution in [0.5, 0.6) is 0 Å². The Labute approximate surface area is 434 Å². The predicted octanol–water partition coefficient (Wildman–Crippen LogP) is 14.4. The molecule has 15 rings (SSSR count). The second-order valence-corrected chi connectivity index (χ2v) is 30.5. The Kier molecular flexibility index (Phi) is 9.24. The summed E-state index contributed by atoms with van der Waals surface area (Å²) in [6.07, 6.45) is 0. The van der Waals surface area contributed by atoms with Gasteiger partial charge in [-0.1, -0.05) is 12.1 Å². The number of fused-ring (bicyclic) bond motifs is 20. The Morgan fingerprint density at radius 1 is 0.264 bits per heavy atom. The number of hydrogen-bond donors (Lipinski definition) is 0. The maximum atomic E-state index is 16.9. The normalized spacial score (nSPS) is 15.3. The van der Waals surface area contributed by atoms with E-state index in [1.807, 2.05) is 18.2 Å². The molecule has 0 fully saturated rings. The summed E-state index contributed by atoms with van der Waals surface area (Å²) in [5.41, 5.74) is 19.6.